The lowest BCUT2D eigenvalue weighted by molar-refractivity contribution is 0.0746. The Morgan fingerprint density at radius 1 is 0.960 bits per heavy atom. The van der Waals surface area contributed by atoms with E-state index in [9.17, 15) is 9.18 Å². The van der Waals surface area contributed by atoms with Crippen LogP contribution in [-0.2, 0) is 0 Å². The molecule has 1 aliphatic rings. The van der Waals surface area contributed by atoms with Crippen molar-refractivity contribution in [2.75, 3.05) is 31.1 Å². The van der Waals surface area contributed by atoms with Gasteiger partial charge in [-0.3, -0.25) is 9.78 Å². The first-order valence-corrected chi connectivity index (χ1v) is 8.36. The maximum Gasteiger partial charge on any atom is 0.255 e. The number of para-hydroxylation sites is 2. The third-order valence-electron chi connectivity index (χ3n) is 4.60. The number of carbonyl (C=O) groups is 1. The van der Waals surface area contributed by atoms with E-state index in [2.05, 4.69) is 4.98 Å². The zero-order chi connectivity index (χ0) is 17.2. The monoisotopic (exact) mass is 335 g/mol. The van der Waals surface area contributed by atoms with Gasteiger partial charge in [-0.15, -0.1) is 0 Å². The Morgan fingerprint density at radius 3 is 2.48 bits per heavy atom. The highest BCUT2D eigenvalue weighted by atomic mass is 19.1. The third-order valence-corrected chi connectivity index (χ3v) is 4.60. The van der Waals surface area contributed by atoms with Crippen molar-refractivity contribution in [2.45, 2.75) is 0 Å². The maximum absolute atomic E-state index is 13.9. The van der Waals surface area contributed by atoms with E-state index >= 15 is 0 Å². The average molecular weight is 335 g/mol. The first-order chi connectivity index (χ1) is 12.2. The fourth-order valence-electron chi connectivity index (χ4n) is 3.23. The molecule has 1 aliphatic heterocycles. The first kappa shape index (κ1) is 15.6. The van der Waals surface area contributed by atoms with Crippen molar-refractivity contribution in [1.82, 2.24) is 9.88 Å². The van der Waals surface area contributed by atoms with E-state index in [0.717, 1.165) is 10.9 Å². The largest absolute Gasteiger partial charge is 0.366 e. The van der Waals surface area contributed by atoms with Gasteiger partial charge in [-0.2, -0.15) is 0 Å². The smallest absolute Gasteiger partial charge is 0.255 e. The summed E-state index contributed by atoms with van der Waals surface area (Å²) in [6, 6.07) is 16.4. The van der Waals surface area contributed by atoms with Crippen molar-refractivity contribution in [3.8, 4) is 0 Å². The molecule has 1 amide bonds. The molecule has 1 saturated heterocycles. The molecule has 0 radical (unpaired) electrons. The minimum atomic E-state index is -0.221. The second-order valence-corrected chi connectivity index (χ2v) is 6.15. The van der Waals surface area contributed by atoms with Crippen LogP contribution < -0.4 is 4.90 Å². The van der Waals surface area contributed by atoms with Crippen molar-refractivity contribution >= 4 is 22.5 Å². The number of hydrogen-bond acceptors (Lipinski definition) is 3. The number of benzene rings is 2. The molecule has 5 heteroatoms. The minimum Gasteiger partial charge on any atom is -0.366 e. The highest BCUT2D eigenvalue weighted by Crippen LogP contribution is 2.21. The molecule has 3 aromatic rings. The van der Waals surface area contributed by atoms with Crippen LogP contribution in [0.4, 0.5) is 10.1 Å². The van der Waals surface area contributed by atoms with Gasteiger partial charge in [0.05, 0.1) is 16.8 Å². The number of anilines is 1. The van der Waals surface area contributed by atoms with E-state index in [-0.39, 0.29) is 11.7 Å². The highest BCUT2D eigenvalue weighted by Gasteiger charge is 2.23. The van der Waals surface area contributed by atoms with Gasteiger partial charge in [-0.05, 0) is 24.3 Å². The fraction of sp³-hybridized carbons (Fsp3) is 0.200. The number of nitrogens with zero attached hydrogens (tertiary/aromatic N) is 3. The number of hydrogen-bond donors (Lipinski definition) is 0. The third kappa shape index (κ3) is 3.05. The lowest BCUT2D eigenvalue weighted by Gasteiger charge is -2.36. The SMILES string of the molecule is O=C(c1cnc2ccccc2c1)N1CCN(c2ccccc2F)CC1. The van der Waals surface area contributed by atoms with E-state index in [1.165, 1.54) is 6.07 Å². The summed E-state index contributed by atoms with van der Waals surface area (Å²) in [6.45, 7) is 2.38. The van der Waals surface area contributed by atoms with Gasteiger partial charge in [0.25, 0.3) is 5.91 Å². The zero-order valence-corrected chi connectivity index (χ0v) is 13.7. The van der Waals surface area contributed by atoms with Crippen LogP contribution in [0.3, 0.4) is 0 Å². The summed E-state index contributed by atoms with van der Waals surface area (Å²) < 4.78 is 13.9. The van der Waals surface area contributed by atoms with Gasteiger partial charge >= 0.3 is 0 Å². The summed E-state index contributed by atoms with van der Waals surface area (Å²) in [5.74, 6) is -0.243. The number of fused-ring (bicyclic) bond motifs is 1. The molecule has 4 nitrogen and oxygen atoms in total. The second-order valence-electron chi connectivity index (χ2n) is 6.15. The Morgan fingerprint density at radius 2 is 1.68 bits per heavy atom. The van der Waals surface area contributed by atoms with Gasteiger partial charge in [-0.25, -0.2) is 4.39 Å². The molecule has 1 fully saturated rings. The molecule has 0 saturated carbocycles. The second kappa shape index (κ2) is 6.51. The maximum atomic E-state index is 13.9. The number of pyridine rings is 1. The molecular weight excluding hydrogens is 317 g/mol. The minimum absolute atomic E-state index is 0.0218. The van der Waals surface area contributed by atoms with Crippen LogP contribution in [-0.4, -0.2) is 42.0 Å². The summed E-state index contributed by atoms with van der Waals surface area (Å²) in [5.41, 5.74) is 2.07. The van der Waals surface area contributed by atoms with Gasteiger partial charge in [0.15, 0.2) is 0 Å². The van der Waals surface area contributed by atoms with Gasteiger partial charge in [0.2, 0.25) is 0 Å². The summed E-state index contributed by atoms with van der Waals surface area (Å²) in [4.78, 5) is 20.9. The average Bonchev–Trinajstić information content (AvgIpc) is 2.67. The molecule has 1 aromatic heterocycles. The molecule has 0 spiro atoms. The van der Waals surface area contributed by atoms with E-state index in [0.29, 0.717) is 37.4 Å². The summed E-state index contributed by atoms with van der Waals surface area (Å²) in [6.07, 6.45) is 1.63. The van der Waals surface area contributed by atoms with Crippen LogP contribution in [0.5, 0.6) is 0 Å². The highest BCUT2D eigenvalue weighted by molar-refractivity contribution is 5.97. The molecule has 25 heavy (non-hydrogen) atoms. The predicted molar refractivity (Wildman–Crippen MR) is 96.3 cm³/mol. The van der Waals surface area contributed by atoms with Gasteiger partial charge in [-0.1, -0.05) is 30.3 Å². The Balaban J connectivity index is 1.48. The van der Waals surface area contributed by atoms with Crippen LogP contribution in [0.1, 0.15) is 10.4 Å². The van der Waals surface area contributed by atoms with E-state index in [1.807, 2.05) is 46.2 Å². The van der Waals surface area contributed by atoms with Crippen LogP contribution >= 0.6 is 0 Å². The van der Waals surface area contributed by atoms with Gasteiger partial charge in [0.1, 0.15) is 5.82 Å². The van der Waals surface area contributed by atoms with Crippen molar-refractivity contribution in [3.05, 3.63) is 72.2 Å². The topological polar surface area (TPSA) is 36.4 Å². The summed E-state index contributed by atoms with van der Waals surface area (Å²) >= 11 is 0. The number of carbonyl (C=O) groups excluding carboxylic acids is 1. The van der Waals surface area contributed by atoms with Crippen LogP contribution in [0.25, 0.3) is 10.9 Å². The Bertz CT molecular complexity index is 919. The molecule has 2 aromatic carbocycles. The molecule has 0 unspecified atom stereocenters. The van der Waals surface area contributed by atoms with Gasteiger partial charge in [0, 0.05) is 37.8 Å². The molecule has 0 atom stereocenters. The van der Waals surface area contributed by atoms with Crippen LogP contribution in [0.2, 0.25) is 0 Å². The Labute approximate surface area is 145 Å². The zero-order valence-electron chi connectivity index (χ0n) is 13.7. The number of rotatable bonds is 2. The normalized spacial score (nSPS) is 14.8. The summed E-state index contributed by atoms with van der Waals surface area (Å²) in [5, 5.41) is 0.957. The molecule has 2 heterocycles. The van der Waals surface area contributed by atoms with E-state index < -0.39 is 0 Å². The number of amides is 1. The number of aromatic nitrogens is 1. The van der Waals surface area contributed by atoms with Crippen molar-refractivity contribution < 1.29 is 9.18 Å². The summed E-state index contributed by atoms with van der Waals surface area (Å²) in [7, 11) is 0. The van der Waals surface area contributed by atoms with Crippen molar-refractivity contribution in [2.24, 2.45) is 0 Å². The van der Waals surface area contributed by atoms with E-state index in [4.69, 9.17) is 0 Å². The number of piperazine rings is 1. The predicted octanol–water partition coefficient (Wildman–Crippen LogP) is 3.34. The molecule has 126 valence electrons. The Hall–Kier alpha value is -2.95. The molecule has 4 rings (SSSR count). The first-order valence-electron chi connectivity index (χ1n) is 8.36. The van der Waals surface area contributed by atoms with Crippen molar-refractivity contribution in [3.63, 3.8) is 0 Å². The van der Waals surface area contributed by atoms with Gasteiger partial charge < -0.3 is 9.80 Å². The lowest BCUT2D eigenvalue weighted by atomic mass is 10.1. The van der Waals surface area contributed by atoms with Crippen LogP contribution in [0, 0.1) is 5.82 Å². The molecule has 0 bridgehead atoms. The Kier molecular flexibility index (Phi) is 4.06. The number of halogens is 1. The van der Waals surface area contributed by atoms with Crippen molar-refractivity contribution in [1.29, 1.82) is 0 Å². The fourth-order valence-corrected chi connectivity index (χ4v) is 3.23. The quantitative estimate of drug-likeness (QED) is 0.721. The lowest BCUT2D eigenvalue weighted by Crippen LogP contribution is -2.49. The molecule has 0 N–H and O–H groups in total. The van der Waals surface area contributed by atoms with Crippen LogP contribution in [0.15, 0.2) is 60.8 Å². The standard InChI is InChI=1S/C20H18FN3O/c21-17-6-2-4-8-19(17)23-9-11-24(12-10-23)20(25)16-13-15-5-1-3-7-18(15)22-14-16/h1-8,13-14H,9-12H2. The van der Waals surface area contributed by atoms with E-state index in [1.54, 1.807) is 18.3 Å². The molecule has 0 aliphatic carbocycles. The molecular formula is C20H18FN3O.